The summed E-state index contributed by atoms with van der Waals surface area (Å²) in [6.07, 6.45) is 3.42. The Hall–Kier alpha value is -2.60. The maximum Gasteiger partial charge on any atom is 0.260 e. The van der Waals surface area contributed by atoms with Crippen molar-refractivity contribution in [1.82, 2.24) is 14.7 Å². The van der Waals surface area contributed by atoms with Crippen molar-refractivity contribution in [1.29, 1.82) is 0 Å². The van der Waals surface area contributed by atoms with Crippen LogP contribution in [-0.4, -0.2) is 78.4 Å². The second kappa shape index (κ2) is 9.47. The van der Waals surface area contributed by atoms with Gasteiger partial charge < -0.3 is 14.5 Å². The van der Waals surface area contributed by atoms with E-state index in [-0.39, 0.29) is 18.4 Å². The van der Waals surface area contributed by atoms with Crippen LogP contribution in [0.3, 0.4) is 0 Å². The molecule has 2 aliphatic heterocycles. The molecule has 2 saturated heterocycles. The molecule has 4 rings (SSSR count). The molecule has 2 aromatic carbocycles. The maximum absolute atomic E-state index is 12.6. The van der Waals surface area contributed by atoms with Gasteiger partial charge >= 0.3 is 0 Å². The number of piperazine rings is 1. The Labute approximate surface area is 178 Å². The molecule has 0 spiro atoms. The van der Waals surface area contributed by atoms with Gasteiger partial charge in [-0.15, -0.1) is 0 Å². The van der Waals surface area contributed by atoms with Crippen LogP contribution < -0.4 is 4.74 Å². The van der Waals surface area contributed by atoms with Crippen molar-refractivity contribution in [2.45, 2.75) is 32.2 Å². The normalized spacial score (nSPS) is 20.4. The smallest absolute Gasteiger partial charge is 0.260 e. The summed E-state index contributed by atoms with van der Waals surface area (Å²) in [4.78, 5) is 31.2. The monoisotopic (exact) mass is 409 g/mol. The number of ether oxygens (including phenoxy) is 1. The third-order valence-corrected chi connectivity index (χ3v) is 6.29. The van der Waals surface area contributed by atoms with Gasteiger partial charge in [0.15, 0.2) is 6.61 Å². The third-order valence-electron chi connectivity index (χ3n) is 6.29. The predicted molar refractivity (Wildman–Crippen MR) is 117 cm³/mol. The molecule has 2 fully saturated rings. The number of hydrogen-bond acceptors (Lipinski definition) is 4. The molecule has 0 saturated carbocycles. The first-order valence-electron chi connectivity index (χ1n) is 11.0. The molecule has 2 aliphatic rings. The molecule has 0 aliphatic carbocycles. The summed E-state index contributed by atoms with van der Waals surface area (Å²) < 4.78 is 5.75. The zero-order valence-electron chi connectivity index (χ0n) is 17.8. The van der Waals surface area contributed by atoms with Gasteiger partial charge in [-0.3, -0.25) is 14.5 Å². The van der Waals surface area contributed by atoms with Crippen LogP contribution in [0.5, 0.6) is 5.75 Å². The molecule has 2 amide bonds. The average molecular weight is 410 g/mol. The van der Waals surface area contributed by atoms with E-state index in [2.05, 4.69) is 17.9 Å². The van der Waals surface area contributed by atoms with Crippen molar-refractivity contribution in [3.8, 4) is 5.75 Å². The Balaban J connectivity index is 1.22. The van der Waals surface area contributed by atoms with E-state index in [4.69, 9.17) is 4.74 Å². The highest BCUT2D eigenvalue weighted by atomic mass is 16.5. The van der Waals surface area contributed by atoms with E-state index in [1.165, 1.54) is 6.42 Å². The van der Waals surface area contributed by atoms with Crippen LogP contribution in [0.4, 0.5) is 0 Å². The molecular formula is C24H31N3O3. The molecule has 2 aromatic rings. The number of piperidine rings is 1. The molecule has 6 nitrogen and oxygen atoms in total. The van der Waals surface area contributed by atoms with Crippen molar-refractivity contribution < 1.29 is 14.3 Å². The lowest BCUT2D eigenvalue weighted by Crippen LogP contribution is -2.53. The van der Waals surface area contributed by atoms with Gasteiger partial charge in [-0.05, 0) is 49.1 Å². The number of carbonyl (C=O) groups excluding carboxylic acids is 2. The Morgan fingerprint density at radius 1 is 0.933 bits per heavy atom. The van der Waals surface area contributed by atoms with Crippen LogP contribution in [0.1, 0.15) is 26.2 Å². The first-order valence-corrected chi connectivity index (χ1v) is 11.0. The number of rotatable bonds is 5. The van der Waals surface area contributed by atoms with Crippen molar-refractivity contribution >= 4 is 22.6 Å². The summed E-state index contributed by atoms with van der Waals surface area (Å²) in [6.45, 7) is 6.27. The minimum Gasteiger partial charge on any atom is -0.484 e. The molecule has 0 bridgehead atoms. The molecule has 0 aromatic heterocycles. The molecule has 6 heteroatoms. The van der Waals surface area contributed by atoms with Crippen LogP contribution >= 0.6 is 0 Å². The molecule has 1 atom stereocenters. The Morgan fingerprint density at radius 2 is 1.70 bits per heavy atom. The van der Waals surface area contributed by atoms with Gasteiger partial charge in [0, 0.05) is 38.8 Å². The van der Waals surface area contributed by atoms with Crippen molar-refractivity contribution in [2.24, 2.45) is 0 Å². The summed E-state index contributed by atoms with van der Waals surface area (Å²) in [6, 6.07) is 14.3. The highest BCUT2D eigenvalue weighted by molar-refractivity contribution is 5.84. The van der Waals surface area contributed by atoms with E-state index in [1.54, 1.807) is 0 Å². The van der Waals surface area contributed by atoms with Crippen LogP contribution in [0.15, 0.2) is 42.5 Å². The van der Waals surface area contributed by atoms with E-state index in [1.807, 2.05) is 46.2 Å². The van der Waals surface area contributed by atoms with E-state index < -0.39 is 0 Å². The number of amides is 2. The molecule has 1 unspecified atom stereocenters. The quantitative estimate of drug-likeness (QED) is 0.762. The second-order valence-corrected chi connectivity index (χ2v) is 8.39. The number of likely N-dealkylation sites (tertiary alicyclic amines) is 1. The number of carbonyl (C=O) groups is 2. The van der Waals surface area contributed by atoms with Gasteiger partial charge in [-0.25, -0.2) is 0 Å². The fourth-order valence-electron chi connectivity index (χ4n) is 4.40. The number of benzene rings is 2. The predicted octanol–water partition coefficient (Wildman–Crippen LogP) is 2.76. The van der Waals surface area contributed by atoms with Crippen molar-refractivity contribution in [3.05, 3.63) is 42.5 Å². The summed E-state index contributed by atoms with van der Waals surface area (Å²) in [5.41, 5.74) is 0. The highest BCUT2D eigenvalue weighted by Crippen LogP contribution is 2.21. The molecule has 0 radical (unpaired) electrons. The number of fused-ring (bicyclic) bond motifs is 1. The first-order chi connectivity index (χ1) is 14.6. The Kier molecular flexibility index (Phi) is 6.53. The lowest BCUT2D eigenvalue weighted by Gasteiger charge is -2.38. The molecule has 30 heavy (non-hydrogen) atoms. The fraction of sp³-hybridized carbons (Fsp3) is 0.500. The molecule has 2 heterocycles. The van der Waals surface area contributed by atoms with E-state index in [0.717, 1.165) is 43.2 Å². The van der Waals surface area contributed by atoms with Crippen LogP contribution in [0.2, 0.25) is 0 Å². The number of nitrogens with zero attached hydrogens (tertiary/aromatic N) is 3. The lowest BCUT2D eigenvalue weighted by atomic mass is 10.0. The first kappa shape index (κ1) is 20.7. The lowest BCUT2D eigenvalue weighted by molar-refractivity contribution is -0.138. The van der Waals surface area contributed by atoms with E-state index in [0.29, 0.717) is 31.4 Å². The summed E-state index contributed by atoms with van der Waals surface area (Å²) >= 11 is 0. The van der Waals surface area contributed by atoms with Gasteiger partial charge in [0.1, 0.15) is 5.75 Å². The SMILES string of the molecule is CC1CCCCN1C(=O)CN1CCN(C(=O)COc2ccc3ccccc3c2)CC1. The minimum absolute atomic E-state index is 0.00112. The van der Waals surface area contributed by atoms with Crippen molar-refractivity contribution in [3.63, 3.8) is 0 Å². The Bertz CT molecular complexity index is 892. The molecular weight excluding hydrogens is 378 g/mol. The summed E-state index contributed by atoms with van der Waals surface area (Å²) in [5.74, 6) is 0.933. The van der Waals surface area contributed by atoms with Gasteiger partial charge in [0.2, 0.25) is 5.91 Å². The summed E-state index contributed by atoms with van der Waals surface area (Å²) in [7, 11) is 0. The van der Waals surface area contributed by atoms with Gasteiger partial charge in [0.05, 0.1) is 6.54 Å². The Morgan fingerprint density at radius 3 is 2.47 bits per heavy atom. The standard InChI is InChI=1S/C24H31N3O3/c1-19-6-4-5-11-27(19)23(28)17-25-12-14-26(15-13-25)24(29)18-30-22-10-9-20-7-2-3-8-21(20)16-22/h2-3,7-10,16,19H,4-6,11-15,17-18H2,1H3. The zero-order chi connectivity index (χ0) is 20.9. The van der Waals surface area contributed by atoms with Crippen LogP contribution in [0, 0.1) is 0 Å². The third kappa shape index (κ3) is 4.93. The second-order valence-electron chi connectivity index (χ2n) is 8.39. The van der Waals surface area contributed by atoms with Gasteiger partial charge in [0.25, 0.3) is 5.91 Å². The number of hydrogen-bond donors (Lipinski definition) is 0. The van der Waals surface area contributed by atoms with E-state index in [9.17, 15) is 9.59 Å². The zero-order valence-corrected chi connectivity index (χ0v) is 17.8. The summed E-state index contributed by atoms with van der Waals surface area (Å²) in [5, 5.41) is 2.25. The fourth-order valence-corrected chi connectivity index (χ4v) is 4.40. The molecule has 160 valence electrons. The van der Waals surface area contributed by atoms with Gasteiger partial charge in [-0.2, -0.15) is 0 Å². The minimum atomic E-state index is -0.00112. The highest BCUT2D eigenvalue weighted by Gasteiger charge is 2.27. The van der Waals surface area contributed by atoms with Crippen LogP contribution in [-0.2, 0) is 9.59 Å². The van der Waals surface area contributed by atoms with Crippen LogP contribution in [0.25, 0.3) is 10.8 Å². The maximum atomic E-state index is 12.6. The van der Waals surface area contributed by atoms with Gasteiger partial charge in [-0.1, -0.05) is 30.3 Å². The van der Waals surface area contributed by atoms with E-state index >= 15 is 0 Å². The average Bonchev–Trinajstić information content (AvgIpc) is 2.78. The largest absolute Gasteiger partial charge is 0.484 e. The molecule has 0 N–H and O–H groups in total. The topological polar surface area (TPSA) is 53.1 Å². The van der Waals surface area contributed by atoms with Crippen molar-refractivity contribution in [2.75, 3.05) is 45.9 Å².